The number of para-hydroxylation sites is 1. The van der Waals surface area contributed by atoms with Gasteiger partial charge in [0.1, 0.15) is 0 Å². The monoisotopic (exact) mass is 277 g/mol. The molecule has 106 valence electrons. The lowest BCUT2D eigenvalue weighted by atomic mass is 9.90. The van der Waals surface area contributed by atoms with Crippen molar-refractivity contribution in [2.75, 3.05) is 6.54 Å². The van der Waals surface area contributed by atoms with Gasteiger partial charge in [0.2, 0.25) is 11.2 Å². The van der Waals surface area contributed by atoms with E-state index in [1.165, 1.54) is 48.0 Å². The van der Waals surface area contributed by atoms with E-state index in [1.54, 1.807) is 0 Å². The topological polar surface area (TPSA) is 7.12 Å². The number of hydrogen-bond donors (Lipinski definition) is 0. The second kappa shape index (κ2) is 5.03. The number of aromatic nitrogens is 1. The van der Waals surface area contributed by atoms with E-state index < -0.39 is 0 Å². The van der Waals surface area contributed by atoms with Crippen LogP contribution in [0.15, 0.2) is 55.3 Å². The Hall–Kier alpha value is -2.09. The molecule has 0 spiro atoms. The van der Waals surface area contributed by atoms with Gasteiger partial charge in [0.25, 0.3) is 0 Å². The van der Waals surface area contributed by atoms with Gasteiger partial charge < -0.3 is 4.90 Å². The van der Waals surface area contributed by atoms with E-state index >= 15 is 0 Å². The van der Waals surface area contributed by atoms with E-state index in [4.69, 9.17) is 0 Å². The minimum absolute atomic E-state index is 0.807. The lowest BCUT2D eigenvalue weighted by molar-refractivity contribution is -0.663. The highest BCUT2D eigenvalue weighted by molar-refractivity contribution is 5.77. The van der Waals surface area contributed by atoms with Crippen LogP contribution in [0.2, 0.25) is 0 Å². The van der Waals surface area contributed by atoms with Crippen LogP contribution >= 0.6 is 0 Å². The molecule has 1 aromatic heterocycles. The minimum atomic E-state index is 0.807. The molecule has 1 atom stereocenters. The third-order valence-corrected chi connectivity index (χ3v) is 4.84. The van der Waals surface area contributed by atoms with E-state index in [1.807, 2.05) is 6.08 Å². The molecule has 0 N–H and O–H groups in total. The zero-order valence-corrected chi connectivity index (χ0v) is 12.3. The van der Waals surface area contributed by atoms with Crippen molar-refractivity contribution in [3.05, 3.63) is 60.9 Å². The molecule has 4 rings (SSSR count). The van der Waals surface area contributed by atoms with Crippen molar-refractivity contribution < 1.29 is 4.57 Å². The van der Waals surface area contributed by atoms with E-state index in [2.05, 4.69) is 58.6 Å². The van der Waals surface area contributed by atoms with E-state index in [9.17, 15) is 0 Å². The Morgan fingerprint density at radius 2 is 2.10 bits per heavy atom. The van der Waals surface area contributed by atoms with Gasteiger partial charge in [0.15, 0.2) is 6.54 Å². The highest BCUT2D eigenvalue weighted by atomic mass is 15.2. The van der Waals surface area contributed by atoms with Gasteiger partial charge in [-0.15, -0.1) is 0 Å². The maximum atomic E-state index is 3.94. The maximum Gasteiger partial charge on any atom is 0.213 e. The molecular formula is C19H21N2+. The van der Waals surface area contributed by atoms with Crippen LogP contribution in [0.1, 0.15) is 25.0 Å². The van der Waals surface area contributed by atoms with E-state index in [0.717, 1.165) is 12.6 Å². The molecular weight excluding hydrogens is 256 g/mol. The van der Waals surface area contributed by atoms with Gasteiger partial charge in [-0.3, -0.25) is 0 Å². The SMILES string of the molecule is C=CC[n+]1c(C2=CN3CCC3CC2)ccc2ccccc21. The Labute approximate surface area is 126 Å². The number of hydrogen-bond acceptors (Lipinski definition) is 1. The summed E-state index contributed by atoms with van der Waals surface area (Å²) in [5.74, 6) is 0. The van der Waals surface area contributed by atoms with Gasteiger partial charge in [0.05, 0.1) is 0 Å². The Morgan fingerprint density at radius 3 is 2.86 bits per heavy atom. The van der Waals surface area contributed by atoms with Gasteiger partial charge in [-0.1, -0.05) is 18.7 Å². The molecule has 2 heteroatoms. The van der Waals surface area contributed by atoms with Crippen molar-refractivity contribution in [1.82, 2.24) is 4.90 Å². The highest BCUT2D eigenvalue weighted by Gasteiger charge is 2.31. The first-order chi connectivity index (χ1) is 10.4. The molecule has 1 unspecified atom stereocenters. The number of pyridine rings is 1. The highest BCUT2D eigenvalue weighted by Crippen LogP contribution is 2.33. The van der Waals surface area contributed by atoms with Gasteiger partial charge in [-0.25, -0.2) is 0 Å². The summed E-state index contributed by atoms with van der Waals surface area (Å²) >= 11 is 0. The Bertz CT molecular complexity index is 729. The van der Waals surface area contributed by atoms with Crippen LogP contribution < -0.4 is 4.57 Å². The fourth-order valence-electron chi connectivity index (χ4n) is 3.59. The number of fused-ring (bicyclic) bond motifs is 2. The predicted octanol–water partition coefficient (Wildman–Crippen LogP) is 3.52. The van der Waals surface area contributed by atoms with Crippen molar-refractivity contribution in [1.29, 1.82) is 0 Å². The maximum absolute atomic E-state index is 3.94. The van der Waals surface area contributed by atoms with Crippen LogP contribution in [-0.4, -0.2) is 17.5 Å². The summed E-state index contributed by atoms with van der Waals surface area (Å²) in [6, 6.07) is 13.9. The lowest BCUT2D eigenvalue weighted by Crippen LogP contribution is -2.46. The summed E-state index contributed by atoms with van der Waals surface area (Å²) in [6.07, 6.45) is 8.24. The first-order valence-electron chi connectivity index (χ1n) is 7.86. The summed E-state index contributed by atoms with van der Waals surface area (Å²) in [5, 5.41) is 1.29. The molecule has 0 radical (unpaired) electrons. The Kier molecular flexibility index (Phi) is 3.03. The van der Waals surface area contributed by atoms with Crippen LogP contribution in [-0.2, 0) is 6.54 Å². The van der Waals surface area contributed by atoms with Crippen molar-refractivity contribution >= 4 is 16.5 Å². The van der Waals surface area contributed by atoms with Gasteiger partial charge in [-0.05, 0) is 37.5 Å². The van der Waals surface area contributed by atoms with Gasteiger partial charge in [-0.2, -0.15) is 4.57 Å². The molecule has 0 aliphatic carbocycles. The number of allylic oxidation sites excluding steroid dienone is 2. The van der Waals surface area contributed by atoms with E-state index in [0.29, 0.717) is 0 Å². The molecule has 0 saturated carbocycles. The number of nitrogens with zero attached hydrogens (tertiary/aromatic N) is 2. The first kappa shape index (κ1) is 12.6. The molecule has 2 aliphatic rings. The van der Waals surface area contributed by atoms with Crippen LogP contribution in [0.3, 0.4) is 0 Å². The van der Waals surface area contributed by atoms with Crippen LogP contribution in [0.25, 0.3) is 16.5 Å². The zero-order chi connectivity index (χ0) is 14.2. The van der Waals surface area contributed by atoms with Crippen molar-refractivity contribution in [2.45, 2.75) is 31.8 Å². The average molecular weight is 277 g/mol. The fraction of sp³-hybridized carbons (Fsp3) is 0.316. The minimum Gasteiger partial charge on any atom is -0.374 e. The van der Waals surface area contributed by atoms with Crippen molar-refractivity contribution in [3.8, 4) is 0 Å². The summed E-state index contributed by atoms with van der Waals surface area (Å²) in [7, 11) is 0. The normalized spacial score (nSPS) is 20.7. The van der Waals surface area contributed by atoms with Gasteiger partial charge >= 0.3 is 0 Å². The molecule has 2 aromatic rings. The summed E-state index contributed by atoms with van der Waals surface area (Å²) in [4.78, 5) is 2.51. The second-order valence-corrected chi connectivity index (χ2v) is 6.05. The largest absolute Gasteiger partial charge is 0.374 e. The molecule has 1 fully saturated rings. The zero-order valence-electron chi connectivity index (χ0n) is 12.3. The number of rotatable bonds is 3. The standard InChI is InChI=1S/C19H21N2/c1-2-12-21-18-6-4-3-5-15(18)8-10-19(21)16-7-9-17-11-13-20(17)14-16/h2-6,8,10,14,17H,1,7,9,11-13H2/q+1. The summed E-state index contributed by atoms with van der Waals surface area (Å²) in [6.45, 7) is 6.02. The van der Waals surface area contributed by atoms with Crippen molar-refractivity contribution in [2.24, 2.45) is 0 Å². The molecule has 2 aliphatic heterocycles. The predicted molar refractivity (Wildman–Crippen MR) is 86.7 cm³/mol. The molecule has 2 nitrogen and oxygen atoms in total. The average Bonchev–Trinajstić information content (AvgIpc) is 2.49. The quantitative estimate of drug-likeness (QED) is 0.615. The molecule has 0 bridgehead atoms. The fourth-order valence-corrected chi connectivity index (χ4v) is 3.59. The van der Waals surface area contributed by atoms with Crippen molar-refractivity contribution in [3.63, 3.8) is 0 Å². The second-order valence-electron chi connectivity index (χ2n) is 6.05. The third kappa shape index (κ3) is 2.06. The van der Waals surface area contributed by atoms with Crippen LogP contribution in [0.5, 0.6) is 0 Å². The van der Waals surface area contributed by atoms with E-state index in [-0.39, 0.29) is 0 Å². The van der Waals surface area contributed by atoms with Gasteiger partial charge in [0, 0.05) is 41.9 Å². The smallest absolute Gasteiger partial charge is 0.213 e. The molecule has 21 heavy (non-hydrogen) atoms. The third-order valence-electron chi connectivity index (χ3n) is 4.84. The molecule has 1 saturated heterocycles. The lowest BCUT2D eigenvalue weighted by Gasteiger charge is -2.43. The number of benzene rings is 1. The molecule has 0 amide bonds. The summed E-state index contributed by atoms with van der Waals surface area (Å²) < 4.78 is 2.40. The first-order valence-corrected chi connectivity index (χ1v) is 7.86. The van der Waals surface area contributed by atoms with Crippen LogP contribution in [0.4, 0.5) is 0 Å². The Balaban J connectivity index is 1.86. The molecule has 3 heterocycles. The Morgan fingerprint density at radius 1 is 1.19 bits per heavy atom. The van der Waals surface area contributed by atoms with Crippen LogP contribution in [0, 0.1) is 0 Å². The molecule has 1 aromatic carbocycles. The summed E-state index contributed by atoms with van der Waals surface area (Å²) in [5.41, 5.74) is 4.11.